The van der Waals surface area contributed by atoms with Gasteiger partial charge in [0.25, 0.3) is 0 Å². The van der Waals surface area contributed by atoms with Crippen molar-refractivity contribution in [2.75, 3.05) is 18.1 Å². The number of thioether (sulfide) groups is 1. The van der Waals surface area contributed by atoms with Crippen LogP contribution in [0.1, 0.15) is 44.9 Å². The summed E-state index contributed by atoms with van der Waals surface area (Å²) in [5, 5.41) is 3.15. The molecule has 2 atom stereocenters. The van der Waals surface area contributed by atoms with E-state index in [0.29, 0.717) is 16.7 Å². The third-order valence-electron chi connectivity index (χ3n) is 4.12. The Morgan fingerprint density at radius 1 is 1.17 bits per heavy atom. The SMILES string of the molecule is O=C(CC1CCSCC1)NCC1CCCC(Br)C1. The third kappa shape index (κ3) is 5.12. The molecular weight excluding hydrogens is 310 g/mol. The van der Waals surface area contributed by atoms with E-state index >= 15 is 0 Å². The van der Waals surface area contributed by atoms with Gasteiger partial charge in [0.2, 0.25) is 5.91 Å². The van der Waals surface area contributed by atoms with Crippen molar-refractivity contribution >= 4 is 33.6 Å². The van der Waals surface area contributed by atoms with Crippen LogP contribution in [0.2, 0.25) is 0 Å². The van der Waals surface area contributed by atoms with Crippen LogP contribution in [0, 0.1) is 11.8 Å². The highest BCUT2D eigenvalue weighted by Gasteiger charge is 2.21. The Labute approximate surface area is 123 Å². The van der Waals surface area contributed by atoms with E-state index in [9.17, 15) is 4.79 Å². The molecule has 104 valence electrons. The van der Waals surface area contributed by atoms with Gasteiger partial charge in [-0.1, -0.05) is 22.4 Å². The standard InChI is InChI=1S/C14H24BrNOS/c15-13-3-1-2-12(8-13)10-16-14(17)9-11-4-6-18-7-5-11/h11-13H,1-10H2,(H,16,17). The first-order chi connectivity index (χ1) is 8.74. The second kappa shape index (κ2) is 7.78. The smallest absolute Gasteiger partial charge is 0.220 e. The van der Waals surface area contributed by atoms with Crippen LogP contribution in [-0.2, 0) is 4.79 Å². The summed E-state index contributed by atoms with van der Waals surface area (Å²) in [6, 6.07) is 0. The first-order valence-corrected chi connectivity index (χ1v) is 9.29. The number of amides is 1. The number of carbonyl (C=O) groups is 1. The van der Waals surface area contributed by atoms with Gasteiger partial charge in [-0.3, -0.25) is 4.79 Å². The minimum absolute atomic E-state index is 0.281. The van der Waals surface area contributed by atoms with Crippen LogP contribution in [0.3, 0.4) is 0 Å². The Hall–Kier alpha value is 0.300. The number of halogens is 1. The maximum atomic E-state index is 11.9. The van der Waals surface area contributed by atoms with Crippen LogP contribution in [0.25, 0.3) is 0 Å². The maximum absolute atomic E-state index is 11.9. The van der Waals surface area contributed by atoms with E-state index in [1.807, 2.05) is 11.8 Å². The van der Waals surface area contributed by atoms with Crippen LogP contribution >= 0.6 is 27.7 Å². The largest absolute Gasteiger partial charge is 0.356 e. The molecule has 0 bridgehead atoms. The number of hydrogen-bond acceptors (Lipinski definition) is 2. The second-order valence-corrected chi connectivity index (χ2v) is 8.21. The summed E-state index contributed by atoms with van der Waals surface area (Å²) in [4.78, 5) is 12.6. The van der Waals surface area contributed by atoms with Crippen LogP contribution in [0.4, 0.5) is 0 Å². The average Bonchev–Trinajstić information content (AvgIpc) is 2.38. The molecule has 0 radical (unpaired) electrons. The predicted molar refractivity (Wildman–Crippen MR) is 82.3 cm³/mol. The molecule has 4 heteroatoms. The molecule has 2 aliphatic rings. The summed E-state index contributed by atoms with van der Waals surface area (Å²) >= 11 is 5.73. The molecule has 0 aromatic rings. The van der Waals surface area contributed by atoms with Crippen molar-refractivity contribution in [1.29, 1.82) is 0 Å². The molecule has 0 aromatic heterocycles. The molecule has 18 heavy (non-hydrogen) atoms. The molecule has 1 aliphatic carbocycles. The molecule has 0 spiro atoms. The van der Waals surface area contributed by atoms with Gasteiger partial charge in [-0.2, -0.15) is 11.8 Å². The second-order valence-electron chi connectivity index (χ2n) is 5.69. The Morgan fingerprint density at radius 2 is 1.94 bits per heavy atom. The summed E-state index contributed by atoms with van der Waals surface area (Å²) in [5.41, 5.74) is 0. The van der Waals surface area contributed by atoms with Gasteiger partial charge in [-0.25, -0.2) is 0 Å². The number of nitrogens with one attached hydrogen (secondary N) is 1. The summed E-state index contributed by atoms with van der Waals surface area (Å²) in [6.07, 6.45) is 8.31. The van der Waals surface area contributed by atoms with Crippen molar-refractivity contribution in [1.82, 2.24) is 5.32 Å². The lowest BCUT2D eigenvalue weighted by atomic mass is 9.89. The predicted octanol–water partition coefficient (Wildman–Crippen LogP) is 3.59. The van der Waals surface area contributed by atoms with Crippen molar-refractivity contribution in [3.8, 4) is 0 Å². The Balaban J connectivity index is 1.61. The lowest BCUT2D eigenvalue weighted by Gasteiger charge is -2.26. The van der Waals surface area contributed by atoms with Gasteiger partial charge in [-0.05, 0) is 55.4 Å². The topological polar surface area (TPSA) is 29.1 Å². The van der Waals surface area contributed by atoms with Gasteiger partial charge >= 0.3 is 0 Å². The van der Waals surface area contributed by atoms with Gasteiger partial charge in [0.15, 0.2) is 0 Å². The first-order valence-electron chi connectivity index (χ1n) is 7.22. The zero-order valence-electron chi connectivity index (χ0n) is 11.0. The van der Waals surface area contributed by atoms with E-state index in [-0.39, 0.29) is 5.91 Å². The highest BCUT2D eigenvalue weighted by molar-refractivity contribution is 9.09. The minimum atomic E-state index is 0.281. The van der Waals surface area contributed by atoms with Crippen molar-refractivity contribution in [2.45, 2.75) is 49.8 Å². The van der Waals surface area contributed by atoms with Gasteiger partial charge < -0.3 is 5.32 Å². The Kier molecular flexibility index (Phi) is 6.36. The molecule has 1 amide bonds. The van der Waals surface area contributed by atoms with Crippen LogP contribution in [0.15, 0.2) is 0 Å². The van der Waals surface area contributed by atoms with E-state index < -0.39 is 0 Å². The van der Waals surface area contributed by atoms with E-state index in [0.717, 1.165) is 13.0 Å². The van der Waals surface area contributed by atoms with Gasteiger partial charge in [-0.15, -0.1) is 0 Å². The lowest BCUT2D eigenvalue weighted by Crippen LogP contribution is -2.33. The minimum Gasteiger partial charge on any atom is -0.356 e. The molecule has 0 aromatic carbocycles. The zero-order valence-corrected chi connectivity index (χ0v) is 13.4. The van der Waals surface area contributed by atoms with Gasteiger partial charge in [0, 0.05) is 17.8 Å². The van der Waals surface area contributed by atoms with Crippen LogP contribution in [-0.4, -0.2) is 28.8 Å². The fraction of sp³-hybridized carbons (Fsp3) is 0.929. The molecule has 1 aliphatic heterocycles. The lowest BCUT2D eigenvalue weighted by molar-refractivity contribution is -0.122. The van der Waals surface area contributed by atoms with E-state index in [2.05, 4.69) is 21.2 Å². The van der Waals surface area contributed by atoms with E-state index in [1.165, 1.54) is 50.0 Å². The molecule has 1 N–H and O–H groups in total. The molecule has 2 unspecified atom stereocenters. The molecule has 2 rings (SSSR count). The summed E-state index contributed by atoms with van der Waals surface area (Å²) in [6.45, 7) is 0.891. The number of hydrogen-bond donors (Lipinski definition) is 1. The molecule has 1 saturated heterocycles. The Bertz CT molecular complexity index is 269. The van der Waals surface area contributed by atoms with Crippen molar-refractivity contribution in [3.63, 3.8) is 0 Å². The highest BCUT2D eigenvalue weighted by Crippen LogP contribution is 2.28. The molecular formula is C14H24BrNOS. The molecule has 1 saturated carbocycles. The fourth-order valence-electron chi connectivity index (χ4n) is 2.95. The van der Waals surface area contributed by atoms with E-state index in [4.69, 9.17) is 0 Å². The molecule has 1 heterocycles. The van der Waals surface area contributed by atoms with Gasteiger partial charge in [0.05, 0.1) is 0 Å². The highest BCUT2D eigenvalue weighted by atomic mass is 79.9. The van der Waals surface area contributed by atoms with Crippen LogP contribution < -0.4 is 5.32 Å². The summed E-state index contributed by atoms with van der Waals surface area (Å²) in [7, 11) is 0. The normalized spacial score (nSPS) is 30.1. The monoisotopic (exact) mass is 333 g/mol. The van der Waals surface area contributed by atoms with Crippen molar-refractivity contribution < 1.29 is 4.79 Å². The zero-order chi connectivity index (χ0) is 12.8. The van der Waals surface area contributed by atoms with Crippen molar-refractivity contribution in [3.05, 3.63) is 0 Å². The fourth-order valence-corrected chi connectivity index (χ4v) is 5.01. The third-order valence-corrected chi connectivity index (χ3v) is 6.00. The van der Waals surface area contributed by atoms with Gasteiger partial charge in [0.1, 0.15) is 0 Å². The molecule has 2 nitrogen and oxygen atoms in total. The van der Waals surface area contributed by atoms with Crippen molar-refractivity contribution in [2.24, 2.45) is 11.8 Å². The first kappa shape index (κ1) is 14.7. The Morgan fingerprint density at radius 3 is 2.67 bits per heavy atom. The molecule has 2 fully saturated rings. The summed E-state index contributed by atoms with van der Waals surface area (Å²) < 4.78 is 0. The number of carbonyl (C=O) groups excluding carboxylic acids is 1. The number of rotatable bonds is 4. The van der Waals surface area contributed by atoms with E-state index in [1.54, 1.807) is 0 Å². The maximum Gasteiger partial charge on any atom is 0.220 e. The summed E-state index contributed by atoms with van der Waals surface area (Å²) in [5.74, 6) is 4.09. The van der Waals surface area contributed by atoms with Crippen LogP contribution in [0.5, 0.6) is 0 Å². The quantitative estimate of drug-likeness (QED) is 0.796. The average molecular weight is 334 g/mol. The number of alkyl halides is 1.